The van der Waals surface area contributed by atoms with Crippen LogP contribution in [0, 0.1) is 0 Å². The van der Waals surface area contributed by atoms with Crippen molar-refractivity contribution in [2.45, 2.75) is 70.4 Å². The Morgan fingerprint density at radius 1 is 1.10 bits per heavy atom. The summed E-state index contributed by atoms with van der Waals surface area (Å²) < 4.78 is 68.8. The molecule has 0 atom stereocenters. The van der Waals surface area contributed by atoms with Crippen molar-refractivity contribution in [2.24, 2.45) is 7.05 Å². The fourth-order valence-corrected chi connectivity index (χ4v) is 6.13. The third-order valence-electron chi connectivity index (χ3n) is 6.51. The zero-order valence-electron chi connectivity index (χ0n) is 23.8. The van der Waals surface area contributed by atoms with Gasteiger partial charge in [-0.15, -0.1) is 0 Å². The van der Waals surface area contributed by atoms with Crippen molar-refractivity contribution in [3.63, 3.8) is 0 Å². The number of hydrogen-bond donors (Lipinski definition) is 4. The first-order valence-corrected chi connectivity index (χ1v) is 16.2. The zero-order valence-corrected chi connectivity index (χ0v) is 25.5. The van der Waals surface area contributed by atoms with E-state index in [2.05, 4.69) is 19.7 Å². The standard InChI is InChI=1S/C25H36N6O4S.H2O4S/c1-6-10-19-21-22(30(5)28-19)24(32)27-23(26-21)18-16-17(11-12-20(18)35-15-7-2)36(33,34)29-25(3,4)31-13-8-9-14-31;1-5(2,3)4/h11-12,16,29H,6-10,13-15H2,1-5H3,(H,26,27,32);(H2,1,2,3,4). The van der Waals surface area contributed by atoms with Gasteiger partial charge in [-0.1, -0.05) is 20.3 Å². The van der Waals surface area contributed by atoms with Crippen LogP contribution >= 0.6 is 0 Å². The molecule has 2 aromatic heterocycles. The maximum absolute atomic E-state index is 13.5. The Hall–Kier alpha value is -2.89. The number of hydrogen-bond acceptors (Lipinski definition) is 9. The van der Waals surface area contributed by atoms with Crippen LogP contribution in [0.4, 0.5) is 0 Å². The van der Waals surface area contributed by atoms with Crippen LogP contribution in [-0.2, 0) is 33.9 Å². The first-order chi connectivity index (χ1) is 19.1. The summed E-state index contributed by atoms with van der Waals surface area (Å²) in [6, 6.07) is 4.68. The van der Waals surface area contributed by atoms with Crippen molar-refractivity contribution >= 4 is 31.5 Å². The lowest BCUT2D eigenvalue weighted by molar-refractivity contribution is 0.143. The Kier molecular flexibility index (Phi) is 10.3. The summed E-state index contributed by atoms with van der Waals surface area (Å²) in [7, 11) is -6.82. The summed E-state index contributed by atoms with van der Waals surface area (Å²) in [4.78, 5) is 22.8. The lowest BCUT2D eigenvalue weighted by Gasteiger charge is -2.35. The first-order valence-electron chi connectivity index (χ1n) is 13.3. The van der Waals surface area contributed by atoms with E-state index in [0.29, 0.717) is 35.4 Å². The Balaban J connectivity index is 0.000000850. The van der Waals surface area contributed by atoms with E-state index >= 15 is 0 Å². The topological polar surface area (TPSA) is 197 Å². The second-order valence-electron chi connectivity index (χ2n) is 10.2. The quantitative estimate of drug-likeness (QED) is 0.245. The fourth-order valence-electron chi connectivity index (χ4n) is 4.71. The number of sulfonamides is 1. The predicted octanol–water partition coefficient (Wildman–Crippen LogP) is 2.52. The fraction of sp³-hybridized carbons (Fsp3) is 0.560. The number of nitrogens with zero attached hydrogens (tertiary/aromatic N) is 4. The first kappa shape index (κ1) is 32.6. The molecule has 228 valence electrons. The molecule has 1 aliphatic heterocycles. The van der Waals surface area contributed by atoms with Crippen molar-refractivity contribution in [1.29, 1.82) is 0 Å². The molecule has 3 aromatic rings. The van der Waals surface area contributed by atoms with Crippen LogP contribution in [0.2, 0.25) is 0 Å². The van der Waals surface area contributed by atoms with E-state index in [4.69, 9.17) is 27.2 Å². The Morgan fingerprint density at radius 2 is 1.73 bits per heavy atom. The highest BCUT2D eigenvalue weighted by molar-refractivity contribution is 7.89. The van der Waals surface area contributed by atoms with Crippen molar-refractivity contribution in [2.75, 3.05) is 19.7 Å². The second kappa shape index (κ2) is 13.0. The van der Waals surface area contributed by atoms with Crippen LogP contribution in [0.3, 0.4) is 0 Å². The maximum atomic E-state index is 13.5. The summed E-state index contributed by atoms with van der Waals surface area (Å²) in [5.74, 6) is 0.706. The number of aromatic amines is 1. The van der Waals surface area contributed by atoms with Gasteiger partial charge in [0.2, 0.25) is 10.0 Å². The molecule has 0 unspecified atom stereocenters. The molecule has 1 fully saturated rings. The van der Waals surface area contributed by atoms with Crippen molar-refractivity contribution < 1.29 is 30.7 Å². The molecule has 0 radical (unpaired) electrons. The molecule has 4 rings (SSSR count). The number of nitrogens with one attached hydrogen (secondary N) is 2. The van der Waals surface area contributed by atoms with E-state index in [1.54, 1.807) is 13.1 Å². The van der Waals surface area contributed by atoms with Crippen LogP contribution in [0.1, 0.15) is 59.1 Å². The Morgan fingerprint density at radius 3 is 2.32 bits per heavy atom. The monoisotopic (exact) mass is 614 g/mol. The minimum absolute atomic E-state index is 0.0799. The van der Waals surface area contributed by atoms with Crippen LogP contribution in [0.15, 0.2) is 27.9 Å². The SMILES string of the molecule is CCCOc1ccc(S(=O)(=O)NC(C)(C)N2CCCC2)cc1-c1nc2c(CCC)nn(C)c2c(=O)[nH]1.O=S(=O)(O)O. The van der Waals surface area contributed by atoms with Gasteiger partial charge in [0, 0.05) is 7.05 Å². The molecule has 0 amide bonds. The van der Waals surface area contributed by atoms with Crippen molar-refractivity contribution in [3.8, 4) is 17.1 Å². The van der Waals surface area contributed by atoms with E-state index in [1.165, 1.54) is 16.8 Å². The van der Waals surface area contributed by atoms with Gasteiger partial charge in [-0.25, -0.2) is 13.4 Å². The van der Waals surface area contributed by atoms with Gasteiger partial charge in [-0.05, 0) is 70.8 Å². The number of aromatic nitrogens is 4. The third kappa shape index (κ3) is 8.33. The highest BCUT2D eigenvalue weighted by atomic mass is 32.3. The average molecular weight is 615 g/mol. The summed E-state index contributed by atoms with van der Waals surface area (Å²) in [6.45, 7) is 9.92. The maximum Gasteiger partial charge on any atom is 0.394 e. The van der Waals surface area contributed by atoms with Crippen molar-refractivity contribution in [3.05, 3.63) is 34.2 Å². The molecule has 0 saturated carbocycles. The minimum atomic E-state index is -4.67. The highest BCUT2D eigenvalue weighted by Crippen LogP contribution is 2.32. The lowest BCUT2D eigenvalue weighted by Crippen LogP contribution is -2.55. The van der Waals surface area contributed by atoms with Gasteiger partial charge in [-0.2, -0.15) is 18.2 Å². The molecule has 0 bridgehead atoms. The third-order valence-corrected chi connectivity index (χ3v) is 8.15. The van der Waals surface area contributed by atoms with Gasteiger partial charge in [0.1, 0.15) is 17.1 Å². The van der Waals surface area contributed by atoms with Crippen LogP contribution in [0.25, 0.3) is 22.4 Å². The molecule has 14 nitrogen and oxygen atoms in total. The second-order valence-corrected chi connectivity index (χ2v) is 12.8. The number of H-pyrrole nitrogens is 1. The van der Waals surface area contributed by atoms with Gasteiger partial charge >= 0.3 is 10.4 Å². The summed E-state index contributed by atoms with van der Waals surface area (Å²) in [5.41, 5.74) is 0.975. The van der Waals surface area contributed by atoms with Crippen LogP contribution < -0.4 is 15.0 Å². The van der Waals surface area contributed by atoms with Gasteiger partial charge in [0.25, 0.3) is 5.56 Å². The molecule has 0 spiro atoms. The number of benzene rings is 1. The Bertz CT molecular complexity index is 1630. The largest absolute Gasteiger partial charge is 0.493 e. The predicted molar refractivity (Wildman–Crippen MR) is 154 cm³/mol. The van der Waals surface area contributed by atoms with E-state index in [1.807, 2.05) is 27.7 Å². The summed E-state index contributed by atoms with van der Waals surface area (Å²) in [5, 5.41) is 4.47. The molecule has 1 saturated heterocycles. The zero-order chi connectivity index (χ0) is 30.6. The number of fused-ring (bicyclic) bond motifs is 1. The summed E-state index contributed by atoms with van der Waals surface area (Å²) >= 11 is 0. The van der Waals surface area contributed by atoms with Crippen molar-refractivity contribution in [1.82, 2.24) is 29.4 Å². The molecule has 1 aliphatic rings. The summed E-state index contributed by atoms with van der Waals surface area (Å²) in [6.07, 6.45) is 4.41. The van der Waals surface area contributed by atoms with Gasteiger partial charge in [-0.3, -0.25) is 23.5 Å². The van der Waals surface area contributed by atoms with Gasteiger partial charge < -0.3 is 9.72 Å². The average Bonchev–Trinajstić information content (AvgIpc) is 3.51. The van der Waals surface area contributed by atoms with E-state index in [0.717, 1.165) is 44.5 Å². The molecule has 3 heterocycles. The highest BCUT2D eigenvalue weighted by Gasteiger charge is 2.34. The molecular weight excluding hydrogens is 576 g/mol. The number of likely N-dealkylation sites (tertiary alicyclic amines) is 1. The van der Waals surface area contributed by atoms with E-state index in [-0.39, 0.29) is 16.3 Å². The Labute approximate surface area is 239 Å². The van der Waals surface area contributed by atoms with Gasteiger partial charge in [0.05, 0.1) is 28.4 Å². The smallest absolute Gasteiger partial charge is 0.394 e. The number of rotatable bonds is 10. The number of aryl methyl sites for hydroxylation is 2. The normalized spacial score (nSPS) is 14.7. The molecule has 16 heteroatoms. The molecule has 4 N–H and O–H groups in total. The number of ether oxygens (including phenoxy) is 1. The van der Waals surface area contributed by atoms with Gasteiger partial charge in [0.15, 0.2) is 5.52 Å². The van der Waals surface area contributed by atoms with Crippen LogP contribution in [0.5, 0.6) is 5.75 Å². The minimum Gasteiger partial charge on any atom is -0.493 e. The molecule has 1 aromatic carbocycles. The molecule has 41 heavy (non-hydrogen) atoms. The lowest BCUT2D eigenvalue weighted by atomic mass is 10.1. The molecular formula is C25H38N6O8S2. The van der Waals surface area contributed by atoms with Crippen LogP contribution in [-0.4, -0.2) is 75.9 Å². The molecule has 0 aliphatic carbocycles. The van der Waals surface area contributed by atoms with E-state index < -0.39 is 26.1 Å². The van der Waals surface area contributed by atoms with E-state index in [9.17, 15) is 13.2 Å².